The summed E-state index contributed by atoms with van der Waals surface area (Å²) in [6.07, 6.45) is 1.07. The van der Waals surface area contributed by atoms with Crippen LogP contribution in [0.1, 0.15) is 11.1 Å². The smallest absolute Gasteiger partial charge is 0.162 e. The summed E-state index contributed by atoms with van der Waals surface area (Å²) in [4.78, 5) is 0. The van der Waals surface area contributed by atoms with Crippen LogP contribution in [0.2, 0.25) is 5.02 Å². The highest BCUT2D eigenvalue weighted by Crippen LogP contribution is 2.19. The Hall–Kier alpha value is -1.45. The summed E-state index contributed by atoms with van der Waals surface area (Å²) in [7, 11) is 1.80. The molecule has 0 spiro atoms. The van der Waals surface area contributed by atoms with Gasteiger partial charge in [0.05, 0.1) is 0 Å². The number of hydrogen-bond donors (Lipinski definition) is 1. The van der Waals surface area contributed by atoms with Crippen molar-refractivity contribution in [2.45, 2.75) is 18.9 Å². The number of hydrogen-bond acceptors (Lipinski definition) is 1. The molecular weight excluding hydrogens is 280 g/mol. The molecular formula is C16H16ClF2N. The lowest BCUT2D eigenvalue weighted by atomic mass is 9.98. The zero-order valence-electron chi connectivity index (χ0n) is 11.2. The van der Waals surface area contributed by atoms with Gasteiger partial charge >= 0.3 is 0 Å². The molecule has 106 valence electrons. The average Bonchev–Trinajstić information content (AvgIpc) is 2.45. The van der Waals surface area contributed by atoms with E-state index < -0.39 is 11.6 Å². The Balaban J connectivity index is 2.14. The molecule has 0 saturated carbocycles. The molecule has 0 aliphatic carbocycles. The van der Waals surface area contributed by atoms with Crippen LogP contribution in [0, 0.1) is 11.6 Å². The van der Waals surface area contributed by atoms with E-state index in [9.17, 15) is 8.78 Å². The van der Waals surface area contributed by atoms with E-state index in [2.05, 4.69) is 5.32 Å². The van der Waals surface area contributed by atoms with E-state index in [1.165, 1.54) is 6.07 Å². The van der Waals surface area contributed by atoms with Crippen molar-refractivity contribution in [3.05, 3.63) is 70.2 Å². The van der Waals surface area contributed by atoms with Gasteiger partial charge in [0.2, 0.25) is 0 Å². The molecule has 1 unspecified atom stereocenters. The first-order chi connectivity index (χ1) is 9.61. The fourth-order valence-electron chi connectivity index (χ4n) is 2.18. The standard InChI is InChI=1S/C16H16ClF2N/c1-20-13(9-11-5-2-3-7-14(11)17)10-12-6-4-8-15(18)16(12)19/h2-8,13,20H,9-10H2,1H3. The minimum atomic E-state index is -0.810. The zero-order chi connectivity index (χ0) is 14.5. The average molecular weight is 296 g/mol. The van der Waals surface area contributed by atoms with Crippen molar-refractivity contribution in [2.24, 2.45) is 0 Å². The number of benzene rings is 2. The minimum absolute atomic E-state index is 0.00815. The predicted molar refractivity (Wildman–Crippen MR) is 78.1 cm³/mol. The predicted octanol–water partition coefficient (Wildman–Crippen LogP) is 3.99. The molecule has 0 bridgehead atoms. The Kier molecular flexibility index (Phi) is 5.10. The SMILES string of the molecule is CNC(Cc1ccccc1Cl)Cc1cccc(F)c1F. The lowest BCUT2D eigenvalue weighted by molar-refractivity contribution is 0.482. The maximum Gasteiger partial charge on any atom is 0.162 e. The molecule has 0 radical (unpaired) electrons. The topological polar surface area (TPSA) is 12.0 Å². The first-order valence-corrected chi connectivity index (χ1v) is 6.83. The molecule has 2 rings (SSSR count). The van der Waals surface area contributed by atoms with Gasteiger partial charge in [0.1, 0.15) is 0 Å². The molecule has 0 amide bonds. The van der Waals surface area contributed by atoms with Crippen molar-refractivity contribution in [3.8, 4) is 0 Å². The Morgan fingerprint density at radius 3 is 2.35 bits per heavy atom. The van der Waals surface area contributed by atoms with E-state index in [1.54, 1.807) is 13.1 Å². The molecule has 0 aromatic heterocycles. The summed E-state index contributed by atoms with van der Waals surface area (Å²) >= 11 is 6.12. The van der Waals surface area contributed by atoms with Gasteiger partial charge in [-0.25, -0.2) is 8.78 Å². The summed E-state index contributed by atoms with van der Waals surface area (Å²) in [5, 5.41) is 3.81. The highest BCUT2D eigenvalue weighted by Gasteiger charge is 2.14. The van der Waals surface area contributed by atoms with E-state index in [1.807, 2.05) is 24.3 Å². The first kappa shape index (κ1) is 14.9. The second-order valence-corrected chi connectivity index (χ2v) is 5.11. The van der Waals surface area contributed by atoms with Gasteiger partial charge in [-0.15, -0.1) is 0 Å². The van der Waals surface area contributed by atoms with E-state index in [0.29, 0.717) is 23.4 Å². The minimum Gasteiger partial charge on any atom is -0.316 e. The second-order valence-electron chi connectivity index (χ2n) is 4.70. The lowest BCUT2D eigenvalue weighted by Crippen LogP contribution is -2.30. The Morgan fingerprint density at radius 1 is 1.00 bits per heavy atom. The molecule has 20 heavy (non-hydrogen) atoms. The van der Waals surface area contributed by atoms with Crippen LogP contribution in [0.25, 0.3) is 0 Å². The van der Waals surface area contributed by atoms with Crippen LogP contribution in [0.5, 0.6) is 0 Å². The van der Waals surface area contributed by atoms with Crippen molar-refractivity contribution in [1.82, 2.24) is 5.32 Å². The maximum absolute atomic E-state index is 13.7. The first-order valence-electron chi connectivity index (χ1n) is 6.45. The Bertz CT molecular complexity index is 586. The summed E-state index contributed by atoms with van der Waals surface area (Å²) in [6.45, 7) is 0. The van der Waals surface area contributed by atoms with Gasteiger partial charge in [-0.1, -0.05) is 41.9 Å². The highest BCUT2D eigenvalue weighted by atomic mass is 35.5. The summed E-state index contributed by atoms with van der Waals surface area (Å²) < 4.78 is 26.9. The molecule has 2 aromatic rings. The third kappa shape index (κ3) is 3.56. The van der Waals surface area contributed by atoms with E-state index in [0.717, 1.165) is 11.6 Å². The third-order valence-corrected chi connectivity index (χ3v) is 3.70. The summed E-state index contributed by atoms with van der Waals surface area (Å²) in [5.74, 6) is -1.58. The second kappa shape index (κ2) is 6.82. The lowest BCUT2D eigenvalue weighted by Gasteiger charge is -2.17. The summed E-state index contributed by atoms with van der Waals surface area (Å²) in [5.41, 5.74) is 1.36. The highest BCUT2D eigenvalue weighted by molar-refractivity contribution is 6.31. The van der Waals surface area contributed by atoms with Crippen LogP contribution < -0.4 is 5.32 Å². The van der Waals surface area contributed by atoms with Gasteiger partial charge in [-0.3, -0.25) is 0 Å². The zero-order valence-corrected chi connectivity index (χ0v) is 11.9. The summed E-state index contributed by atoms with van der Waals surface area (Å²) in [6, 6.07) is 11.8. The van der Waals surface area contributed by atoms with Crippen molar-refractivity contribution < 1.29 is 8.78 Å². The monoisotopic (exact) mass is 295 g/mol. The van der Waals surface area contributed by atoms with Crippen LogP contribution in [0.3, 0.4) is 0 Å². The molecule has 1 N–H and O–H groups in total. The molecule has 0 aliphatic rings. The van der Waals surface area contributed by atoms with Crippen LogP contribution >= 0.6 is 11.6 Å². The number of nitrogens with one attached hydrogen (secondary N) is 1. The van der Waals surface area contributed by atoms with E-state index in [-0.39, 0.29) is 6.04 Å². The van der Waals surface area contributed by atoms with E-state index >= 15 is 0 Å². The fourth-order valence-corrected chi connectivity index (χ4v) is 2.39. The molecule has 1 atom stereocenters. The molecule has 1 nitrogen and oxygen atoms in total. The van der Waals surface area contributed by atoms with Gasteiger partial charge in [-0.2, -0.15) is 0 Å². The Labute approximate surface area is 122 Å². The number of rotatable bonds is 5. The van der Waals surface area contributed by atoms with Crippen LogP contribution in [-0.4, -0.2) is 13.1 Å². The number of halogens is 3. The maximum atomic E-state index is 13.7. The molecule has 0 saturated heterocycles. The van der Waals surface area contributed by atoms with Crippen molar-refractivity contribution in [1.29, 1.82) is 0 Å². The van der Waals surface area contributed by atoms with Gasteiger partial charge in [-0.05, 0) is 43.1 Å². The van der Waals surface area contributed by atoms with Crippen molar-refractivity contribution >= 4 is 11.6 Å². The van der Waals surface area contributed by atoms with E-state index in [4.69, 9.17) is 11.6 Å². The molecule has 0 heterocycles. The fraction of sp³-hybridized carbons (Fsp3) is 0.250. The molecule has 2 aromatic carbocycles. The normalized spacial score (nSPS) is 12.4. The van der Waals surface area contributed by atoms with Gasteiger partial charge in [0, 0.05) is 11.1 Å². The third-order valence-electron chi connectivity index (χ3n) is 3.33. The van der Waals surface area contributed by atoms with Gasteiger partial charge < -0.3 is 5.32 Å². The van der Waals surface area contributed by atoms with Crippen LogP contribution in [-0.2, 0) is 12.8 Å². The quantitative estimate of drug-likeness (QED) is 0.879. The van der Waals surface area contributed by atoms with Gasteiger partial charge in [0.15, 0.2) is 11.6 Å². The largest absolute Gasteiger partial charge is 0.316 e. The number of likely N-dealkylation sites (N-methyl/N-ethyl adjacent to an activating group) is 1. The van der Waals surface area contributed by atoms with Crippen molar-refractivity contribution in [3.63, 3.8) is 0 Å². The molecule has 0 fully saturated rings. The van der Waals surface area contributed by atoms with Crippen LogP contribution in [0.4, 0.5) is 8.78 Å². The molecule has 0 aliphatic heterocycles. The van der Waals surface area contributed by atoms with Crippen molar-refractivity contribution in [2.75, 3.05) is 7.05 Å². The van der Waals surface area contributed by atoms with Crippen LogP contribution in [0.15, 0.2) is 42.5 Å². The Morgan fingerprint density at radius 2 is 1.65 bits per heavy atom. The molecule has 4 heteroatoms. The van der Waals surface area contributed by atoms with Gasteiger partial charge in [0.25, 0.3) is 0 Å².